The topological polar surface area (TPSA) is 61.4 Å². The number of halogens is 2. The van der Waals surface area contributed by atoms with E-state index < -0.39 is 0 Å². The molecule has 2 aromatic carbocycles. The summed E-state index contributed by atoms with van der Waals surface area (Å²) in [6.07, 6.45) is 2.00. The van der Waals surface area contributed by atoms with E-state index in [0.717, 1.165) is 24.0 Å². The van der Waals surface area contributed by atoms with Crippen LogP contribution in [0.4, 0.5) is 14.9 Å². The van der Waals surface area contributed by atoms with Crippen molar-refractivity contribution >= 4 is 29.2 Å². The minimum Gasteiger partial charge on any atom is -0.352 e. The first kappa shape index (κ1) is 21.1. The van der Waals surface area contributed by atoms with Crippen molar-refractivity contribution in [1.29, 1.82) is 0 Å². The summed E-state index contributed by atoms with van der Waals surface area (Å²) in [5, 5.41) is 6.37. The average Bonchev–Trinajstić information content (AvgIpc) is 2.71. The molecule has 5 nitrogen and oxygen atoms in total. The number of nitrogens with one attached hydrogen (secondary N) is 2. The molecule has 1 heterocycles. The molecule has 0 atom stereocenters. The predicted octanol–water partition coefficient (Wildman–Crippen LogP) is 4.74. The van der Waals surface area contributed by atoms with Gasteiger partial charge in [-0.05, 0) is 61.1 Å². The van der Waals surface area contributed by atoms with Gasteiger partial charge in [-0.1, -0.05) is 29.8 Å². The summed E-state index contributed by atoms with van der Waals surface area (Å²) in [5.74, 6) is -0.0617. The van der Waals surface area contributed by atoms with Crippen molar-refractivity contribution in [2.45, 2.75) is 32.7 Å². The van der Waals surface area contributed by atoms with Gasteiger partial charge < -0.3 is 15.5 Å². The van der Waals surface area contributed by atoms with Crippen LogP contribution in [0.25, 0.3) is 0 Å². The molecule has 0 radical (unpaired) electrons. The summed E-state index contributed by atoms with van der Waals surface area (Å²) >= 11 is 6.01. The molecule has 1 saturated heterocycles. The Hall–Kier alpha value is -2.60. The lowest BCUT2D eigenvalue weighted by atomic mass is 9.93. The molecule has 29 heavy (non-hydrogen) atoms. The maximum absolute atomic E-state index is 12.9. The minimum atomic E-state index is -0.290. The molecule has 0 aliphatic carbocycles. The van der Waals surface area contributed by atoms with Crippen LogP contribution in [0.3, 0.4) is 0 Å². The molecule has 0 unspecified atom stereocenters. The van der Waals surface area contributed by atoms with Gasteiger partial charge in [0.15, 0.2) is 0 Å². The van der Waals surface area contributed by atoms with E-state index in [2.05, 4.69) is 10.6 Å². The number of amides is 3. The van der Waals surface area contributed by atoms with Gasteiger partial charge in [0.25, 0.3) is 0 Å². The first-order valence-corrected chi connectivity index (χ1v) is 10.1. The summed E-state index contributed by atoms with van der Waals surface area (Å²) in [6.45, 7) is 3.53. The first-order valence-electron chi connectivity index (χ1n) is 9.74. The van der Waals surface area contributed by atoms with Crippen molar-refractivity contribution in [3.8, 4) is 0 Å². The van der Waals surface area contributed by atoms with Crippen molar-refractivity contribution < 1.29 is 14.0 Å². The van der Waals surface area contributed by atoms with Gasteiger partial charge in [-0.3, -0.25) is 4.79 Å². The van der Waals surface area contributed by atoms with Crippen LogP contribution < -0.4 is 10.6 Å². The van der Waals surface area contributed by atoms with Crippen molar-refractivity contribution in [3.63, 3.8) is 0 Å². The van der Waals surface area contributed by atoms with Gasteiger partial charge in [-0.2, -0.15) is 0 Å². The van der Waals surface area contributed by atoms with Crippen molar-refractivity contribution in [3.05, 3.63) is 64.4 Å². The second kappa shape index (κ2) is 9.74. The maximum Gasteiger partial charge on any atom is 0.321 e. The summed E-state index contributed by atoms with van der Waals surface area (Å²) in [5.41, 5.74) is 2.53. The number of carbonyl (C=O) groups is 2. The van der Waals surface area contributed by atoms with E-state index in [4.69, 9.17) is 11.6 Å². The molecular weight excluding hydrogens is 393 g/mol. The Morgan fingerprint density at radius 2 is 1.83 bits per heavy atom. The van der Waals surface area contributed by atoms with Gasteiger partial charge in [0, 0.05) is 36.8 Å². The Bertz CT molecular complexity index is 865. The third kappa shape index (κ3) is 6.19. The Morgan fingerprint density at radius 3 is 2.52 bits per heavy atom. The molecule has 0 saturated carbocycles. The third-order valence-corrected chi connectivity index (χ3v) is 5.46. The lowest BCUT2D eigenvalue weighted by molar-refractivity contribution is -0.122. The van der Waals surface area contributed by atoms with Crippen molar-refractivity contribution in [2.24, 2.45) is 5.92 Å². The molecule has 3 amide bonds. The Morgan fingerprint density at radius 1 is 1.14 bits per heavy atom. The fraction of sp³-hybridized carbons (Fsp3) is 0.364. The van der Waals surface area contributed by atoms with Crippen molar-refractivity contribution in [1.82, 2.24) is 10.2 Å². The van der Waals surface area contributed by atoms with Gasteiger partial charge in [0.1, 0.15) is 5.82 Å². The highest BCUT2D eigenvalue weighted by Crippen LogP contribution is 2.23. The van der Waals surface area contributed by atoms with E-state index in [0.29, 0.717) is 36.8 Å². The fourth-order valence-electron chi connectivity index (χ4n) is 3.40. The van der Waals surface area contributed by atoms with E-state index in [1.165, 1.54) is 12.1 Å². The minimum absolute atomic E-state index is 0.0215. The van der Waals surface area contributed by atoms with Crippen LogP contribution >= 0.6 is 11.6 Å². The average molecular weight is 418 g/mol. The summed E-state index contributed by atoms with van der Waals surface area (Å²) in [6, 6.07) is 11.3. The first-order chi connectivity index (χ1) is 13.9. The zero-order valence-corrected chi connectivity index (χ0v) is 17.1. The van der Waals surface area contributed by atoms with Crippen molar-refractivity contribution in [2.75, 3.05) is 18.4 Å². The van der Waals surface area contributed by atoms with Crippen LogP contribution in [0.5, 0.6) is 0 Å². The van der Waals surface area contributed by atoms with Crippen LogP contribution in [0.1, 0.15) is 30.4 Å². The van der Waals surface area contributed by atoms with Crippen LogP contribution in [0.15, 0.2) is 42.5 Å². The number of benzene rings is 2. The lowest BCUT2D eigenvalue weighted by Crippen LogP contribution is -2.42. The van der Waals surface area contributed by atoms with Crippen LogP contribution in [-0.4, -0.2) is 29.9 Å². The molecule has 1 fully saturated rings. The number of hydrogen-bond acceptors (Lipinski definition) is 2. The van der Waals surface area contributed by atoms with Gasteiger partial charge in [0.05, 0.1) is 0 Å². The Kier molecular flexibility index (Phi) is 7.09. The number of urea groups is 1. The second-order valence-corrected chi connectivity index (χ2v) is 7.86. The molecular formula is C22H25ClFN3O2. The zero-order valence-electron chi connectivity index (χ0n) is 16.4. The van der Waals surface area contributed by atoms with Crippen LogP contribution in [0, 0.1) is 18.7 Å². The number of aryl methyl sites for hydroxylation is 1. The van der Waals surface area contributed by atoms with Gasteiger partial charge in [-0.25, -0.2) is 9.18 Å². The zero-order chi connectivity index (χ0) is 20.8. The number of hydrogen-bond donors (Lipinski definition) is 2. The Balaban J connectivity index is 1.41. The molecule has 154 valence electrons. The quantitative estimate of drug-likeness (QED) is 0.738. The monoisotopic (exact) mass is 417 g/mol. The highest BCUT2D eigenvalue weighted by molar-refractivity contribution is 6.31. The molecule has 2 N–H and O–H groups in total. The van der Waals surface area contributed by atoms with Gasteiger partial charge in [0.2, 0.25) is 5.91 Å². The molecule has 2 aromatic rings. The third-order valence-electron chi connectivity index (χ3n) is 5.22. The normalized spacial score (nSPS) is 14.5. The highest BCUT2D eigenvalue weighted by Gasteiger charge is 2.24. The van der Waals surface area contributed by atoms with Gasteiger partial charge >= 0.3 is 6.03 Å². The standard InChI is InChI=1S/C22H25ClFN3O2/c1-15-2-5-18(23)13-20(15)26-22(29)27-10-8-16(9-11-27)12-21(28)25-14-17-3-6-19(24)7-4-17/h2-7,13,16H,8-12,14H2,1H3,(H,25,28)(H,26,29). The molecule has 0 aromatic heterocycles. The summed E-state index contributed by atoms with van der Waals surface area (Å²) in [4.78, 5) is 26.5. The Labute approximate surface area is 175 Å². The van der Waals surface area contributed by atoms with E-state index in [-0.39, 0.29) is 23.7 Å². The van der Waals surface area contributed by atoms with Crippen LogP contribution in [-0.2, 0) is 11.3 Å². The number of nitrogens with zero attached hydrogens (tertiary/aromatic N) is 1. The lowest BCUT2D eigenvalue weighted by Gasteiger charge is -2.32. The molecule has 7 heteroatoms. The maximum atomic E-state index is 12.9. The molecule has 0 spiro atoms. The second-order valence-electron chi connectivity index (χ2n) is 7.43. The molecule has 0 bridgehead atoms. The van der Waals surface area contributed by atoms with Crippen LogP contribution in [0.2, 0.25) is 5.02 Å². The van der Waals surface area contributed by atoms with Gasteiger partial charge in [-0.15, -0.1) is 0 Å². The fourth-order valence-corrected chi connectivity index (χ4v) is 3.57. The van der Waals surface area contributed by atoms with E-state index >= 15 is 0 Å². The highest BCUT2D eigenvalue weighted by atomic mass is 35.5. The SMILES string of the molecule is Cc1ccc(Cl)cc1NC(=O)N1CCC(CC(=O)NCc2ccc(F)cc2)CC1. The smallest absolute Gasteiger partial charge is 0.321 e. The summed E-state index contributed by atoms with van der Waals surface area (Å²) in [7, 11) is 0. The molecule has 1 aliphatic heterocycles. The largest absolute Gasteiger partial charge is 0.352 e. The van der Waals surface area contributed by atoms with E-state index in [1.54, 1.807) is 29.2 Å². The number of anilines is 1. The van der Waals surface area contributed by atoms with E-state index in [9.17, 15) is 14.0 Å². The number of rotatable bonds is 5. The van der Waals surface area contributed by atoms with E-state index in [1.807, 2.05) is 13.0 Å². The predicted molar refractivity (Wildman–Crippen MR) is 112 cm³/mol. The number of piperidine rings is 1. The molecule has 3 rings (SSSR count). The number of likely N-dealkylation sites (tertiary alicyclic amines) is 1. The number of carbonyl (C=O) groups excluding carboxylic acids is 2. The summed E-state index contributed by atoms with van der Waals surface area (Å²) < 4.78 is 12.9. The molecule has 1 aliphatic rings.